The van der Waals surface area contributed by atoms with Gasteiger partial charge < -0.3 is 23.8 Å². The first-order chi connectivity index (χ1) is 23.9. The summed E-state index contributed by atoms with van der Waals surface area (Å²) in [5, 5.41) is 2.79. The third kappa shape index (κ3) is 12.0. The van der Waals surface area contributed by atoms with Crippen LogP contribution in [0.3, 0.4) is 0 Å². The maximum atomic E-state index is 13.7. The number of hydrogen-bond acceptors (Lipinski definition) is 9. The van der Waals surface area contributed by atoms with Crippen LogP contribution in [0.25, 0.3) is 17.2 Å². The highest BCUT2D eigenvalue weighted by Crippen LogP contribution is 2.33. The molecule has 1 fully saturated rings. The van der Waals surface area contributed by atoms with Crippen LogP contribution in [-0.2, 0) is 33.5 Å². The highest BCUT2D eigenvalue weighted by atomic mass is 32.2. The second-order valence-electron chi connectivity index (χ2n) is 13.6. The predicted molar refractivity (Wildman–Crippen MR) is 198 cm³/mol. The number of carbonyl (C=O) groups is 2. The minimum atomic E-state index is -2.69. The first-order valence-corrected chi connectivity index (χ1v) is 19.6. The van der Waals surface area contributed by atoms with E-state index in [1.807, 2.05) is 67.3 Å². The zero-order chi connectivity index (χ0) is 36.1. The molecule has 11 nitrogen and oxygen atoms in total. The molecule has 2 aliphatic heterocycles. The van der Waals surface area contributed by atoms with Gasteiger partial charge in [0.25, 0.3) is 0 Å². The Kier molecular flexibility index (Phi) is 14.6. The summed E-state index contributed by atoms with van der Waals surface area (Å²) >= 11 is 0. The normalized spacial score (nSPS) is 17.4. The van der Waals surface area contributed by atoms with Crippen LogP contribution >= 0.6 is 0 Å². The van der Waals surface area contributed by atoms with E-state index < -0.39 is 21.4 Å². The minimum Gasteiger partial charge on any atom is -0.444 e. The van der Waals surface area contributed by atoms with Gasteiger partial charge in [-0.15, -0.1) is 0 Å². The Labute approximate surface area is 298 Å². The van der Waals surface area contributed by atoms with Gasteiger partial charge in [-0.2, -0.15) is 0 Å². The molecular formula is C38H54N4O7S. The molecule has 2 unspecified atom stereocenters. The molecule has 2 aromatic rings. The van der Waals surface area contributed by atoms with Gasteiger partial charge in [0, 0.05) is 48.4 Å². The van der Waals surface area contributed by atoms with E-state index in [1.54, 1.807) is 27.0 Å². The van der Waals surface area contributed by atoms with E-state index in [0.717, 1.165) is 55.4 Å². The summed E-state index contributed by atoms with van der Waals surface area (Å²) in [6.07, 6.45) is 7.64. The number of alkyl carbamates (subject to hydrolysis) is 1. The molecule has 2 aromatic carbocycles. The van der Waals surface area contributed by atoms with Crippen LogP contribution in [-0.4, -0.2) is 91.2 Å². The smallest absolute Gasteiger partial charge is 0.413 e. The predicted octanol–water partition coefficient (Wildman–Crippen LogP) is 7.36. The highest BCUT2D eigenvalue weighted by molar-refractivity contribution is 7.93. The number of benzene rings is 2. The van der Waals surface area contributed by atoms with E-state index >= 15 is 0 Å². The number of carbonyl (C=O) groups excluding carboxylic acids is 2. The fourth-order valence-corrected chi connectivity index (χ4v) is 6.93. The van der Waals surface area contributed by atoms with Crippen LogP contribution in [0.15, 0.2) is 62.3 Å². The number of aliphatic imine (C=N–C) groups is 1. The van der Waals surface area contributed by atoms with Gasteiger partial charge in [0.05, 0.1) is 41.8 Å². The van der Waals surface area contributed by atoms with Crippen LogP contribution in [0.2, 0.25) is 0 Å². The van der Waals surface area contributed by atoms with Crippen molar-refractivity contribution >= 4 is 39.3 Å². The number of ether oxygens (including phenoxy) is 4. The van der Waals surface area contributed by atoms with Gasteiger partial charge in [-0.1, -0.05) is 38.1 Å². The first-order valence-electron chi connectivity index (χ1n) is 17.7. The molecule has 12 heteroatoms. The summed E-state index contributed by atoms with van der Waals surface area (Å²) < 4.78 is 40.5. The zero-order valence-corrected chi connectivity index (χ0v) is 31.3. The zero-order valence-electron chi connectivity index (χ0n) is 30.5. The molecule has 1 N–H and O–H groups in total. The molecule has 0 aliphatic carbocycles. The van der Waals surface area contributed by atoms with Crippen molar-refractivity contribution < 1.29 is 32.7 Å². The SMILES string of the molecule is CCCN(CCC)C(=O)C1=Cc2ccc(-c3cccc(S(C)(=O)=NCCOCCOC4CCCCO4)c3)cc2N=C(NC(=O)OC(C)(C)C)C1. The Morgan fingerprint density at radius 1 is 1.04 bits per heavy atom. The van der Waals surface area contributed by atoms with Crippen molar-refractivity contribution in [1.82, 2.24) is 10.2 Å². The molecule has 0 spiro atoms. The van der Waals surface area contributed by atoms with Gasteiger partial charge in [0.2, 0.25) is 5.91 Å². The van der Waals surface area contributed by atoms with Crippen molar-refractivity contribution in [3.63, 3.8) is 0 Å². The fourth-order valence-electron chi connectivity index (χ4n) is 5.68. The lowest BCUT2D eigenvalue weighted by Gasteiger charge is -2.23. The first kappa shape index (κ1) is 39.2. The molecule has 1 saturated heterocycles. The van der Waals surface area contributed by atoms with Gasteiger partial charge in [0.15, 0.2) is 6.29 Å². The van der Waals surface area contributed by atoms with Crippen molar-refractivity contribution in [1.29, 1.82) is 0 Å². The molecule has 2 atom stereocenters. The second kappa shape index (κ2) is 18.6. The second-order valence-corrected chi connectivity index (χ2v) is 15.9. The molecule has 2 heterocycles. The molecule has 0 saturated carbocycles. The summed E-state index contributed by atoms with van der Waals surface area (Å²) in [5.74, 6) is 0.245. The third-order valence-corrected chi connectivity index (χ3v) is 9.82. The average molecular weight is 711 g/mol. The summed E-state index contributed by atoms with van der Waals surface area (Å²) in [6.45, 7) is 13.0. The van der Waals surface area contributed by atoms with E-state index in [1.165, 1.54) is 0 Å². The Hall–Kier alpha value is -3.58. The maximum Gasteiger partial charge on any atom is 0.413 e. The Morgan fingerprint density at radius 3 is 2.50 bits per heavy atom. The minimum absolute atomic E-state index is 0.0775. The van der Waals surface area contributed by atoms with E-state index in [9.17, 15) is 13.8 Å². The van der Waals surface area contributed by atoms with E-state index in [-0.39, 0.29) is 18.6 Å². The van der Waals surface area contributed by atoms with Gasteiger partial charge in [-0.05, 0) is 88.3 Å². The van der Waals surface area contributed by atoms with Crippen molar-refractivity contribution in [2.75, 3.05) is 52.3 Å². The standard InChI is InChI=1S/C38H54N4O7S/c1-7-18-42(19-8-2)36(43)31-24-30-16-15-29(26-33(30)40-34(27-31)41-37(44)49-38(3,4)5)28-12-11-13-32(25-28)50(6,45)39-17-21-46-22-23-48-35-14-9-10-20-47-35/h11-13,15-16,24-26,35H,7-10,14,17-23,27H2,1-6H3,(H,40,41,44). The van der Waals surface area contributed by atoms with Crippen molar-refractivity contribution in [2.45, 2.75) is 89.9 Å². The number of hydrogen-bond donors (Lipinski definition) is 1. The topological polar surface area (TPSA) is 128 Å². The van der Waals surface area contributed by atoms with Crippen LogP contribution in [0.5, 0.6) is 0 Å². The molecule has 4 rings (SSSR count). The van der Waals surface area contributed by atoms with Crippen LogP contribution in [0, 0.1) is 0 Å². The van der Waals surface area contributed by atoms with Gasteiger partial charge >= 0.3 is 6.09 Å². The summed E-state index contributed by atoms with van der Waals surface area (Å²) in [5.41, 5.74) is 2.87. The van der Waals surface area contributed by atoms with Gasteiger partial charge in [-0.3, -0.25) is 10.1 Å². The van der Waals surface area contributed by atoms with Gasteiger partial charge in [0.1, 0.15) is 11.4 Å². The van der Waals surface area contributed by atoms with Crippen LogP contribution < -0.4 is 5.32 Å². The Balaban J connectivity index is 1.53. The molecule has 0 aromatic heterocycles. The van der Waals surface area contributed by atoms with E-state index in [2.05, 4.69) is 9.68 Å². The lowest BCUT2D eigenvalue weighted by atomic mass is 10.0. The molecule has 274 valence electrons. The number of rotatable bonds is 14. The lowest BCUT2D eigenvalue weighted by Crippen LogP contribution is -2.38. The largest absolute Gasteiger partial charge is 0.444 e. The Bertz CT molecular complexity index is 1640. The quantitative estimate of drug-likeness (QED) is 0.203. The average Bonchev–Trinajstić information content (AvgIpc) is 3.25. The van der Waals surface area contributed by atoms with Crippen molar-refractivity contribution in [3.8, 4) is 11.1 Å². The van der Waals surface area contributed by atoms with Crippen LogP contribution in [0.4, 0.5) is 10.5 Å². The molecule has 2 amide bonds. The fraction of sp³-hybridized carbons (Fsp3) is 0.553. The highest BCUT2D eigenvalue weighted by Gasteiger charge is 2.25. The van der Waals surface area contributed by atoms with Crippen molar-refractivity contribution in [2.24, 2.45) is 9.36 Å². The molecule has 0 radical (unpaired) electrons. The number of nitrogens with one attached hydrogen (secondary N) is 1. The number of nitrogens with zero attached hydrogens (tertiary/aromatic N) is 3. The van der Waals surface area contributed by atoms with Gasteiger partial charge in [-0.25, -0.2) is 18.4 Å². The summed E-state index contributed by atoms with van der Waals surface area (Å²) in [4.78, 5) is 33.8. The number of amides is 2. The van der Waals surface area contributed by atoms with E-state index in [0.29, 0.717) is 61.4 Å². The summed E-state index contributed by atoms with van der Waals surface area (Å²) in [7, 11) is -2.69. The lowest BCUT2D eigenvalue weighted by molar-refractivity contribution is -0.168. The molecular weight excluding hydrogens is 657 g/mol. The number of amidine groups is 1. The molecule has 50 heavy (non-hydrogen) atoms. The summed E-state index contributed by atoms with van der Waals surface area (Å²) in [6, 6.07) is 13.3. The molecule has 0 bridgehead atoms. The molecule has 2 aliphatic rings. The third-order valence-electron chi connectivity index (χ3n) is 8.01. The number of fused-ring (bicyclic) bond motifs is 1. The van der Waals surface area contributed by atoms with E-state index in [4.69, 9.17) is 23.9 Å². The van der Waals surface area contributed by atoms with Crippen molar-refractivity contribution in [3.05, 3.63) is 53.6 Å². The monoisotopic (exact) mass is 710 g/mol. The Morgan fingerprint density at radius 2 is 1.80 bits per heavy atom. The van der Waals surface area contributed by atoms with Crippen LogP contribution in [0.1, 0.15) is 78.7 Å². The maximum absolute atomic E-state index is 13.7.